The molecule has 2 N–H and O–H groups in total. The first-order valence-electron chi connectivity index (χ1n) is 8.56. The molecule has 2 amide bonds. The Bertz CT molecular complexity index is 905. The molecule has 0 saturated heterocycles. The summed E-state index contributed by atoms with van der Waals surface area (Å²) in [6, 6.07) is 23.5. The summed E-state index contributed by atoms with van der Waals surface area (Å²) in [6.45, 7) is 1.99. The molecule has 0 heterocycles. The molecule has 5 nitrogen and oxygen atoms in total. The summed E-state index contributed by atoms with van der Waals surface area (Å²) in [6.07, 6.45) is 0. The van der Waals surface area contributed by atoms with Crippen LogP contribution in [0.25, 0.3) is 0 Å². The number of nitrogens with one attached hydrogen (secondary N) is 2. The van der Waals surface area contributed by atoms with Crippen LogP contribution in [0.4, 0.5) is 16.2 Å². The van der Waals surface area contributed by atoms with Crippen molar-refractivity contribution >= 4 is 23.2 Å². The number of hydrogen-bond donors (Lipinski definition) is 2. The van der Waals surface area contributed by atoms with E-state index >= 15 is 0 Å². The molecule has 0 aromatic heterocycles. The Morgan fingerprint density at radius 2 is 1.33 bits per heavy atom. The second kappa shape index (κ2) is 8.67. The summed E-state index contributed by atoms with van der Waals surface area (Å²) in [4.78, 5) is 23.3. The third kappa shape index (κ3) is 5.44. The van der Waals surface area contributed by atoms with Gasteiger partial charge in [0.05, 0.1) is 0 Å². The highest BCUT2D eigenvalue weighted by Gasteiger charge is 2.04. The maximum atomic E-state index is 12.1. The largest absolute Gasteiger partial charge is 0.489 e. The van der Waals surface area contributed by atoms with Crippen molar-refractivity contribution in [1.82, 2.24) is 0 Å². The number of hydrogen-bond acceptors (Lipinski definition) is 3. The number of carbonyl (C=O) groups excluding carboxylic acids is 2. The minimum atomic E-state index is -0.358. The summed E-state index contributed by atoms with van der Waals surface area (Å²) in [5.74, 6) is 0.713. The molecule has 0 atom stereocenters. The van der Waals surface area contributed by atoms with Gasteiger partial charge in [0, 0.05) is 16.9 Å². The molecule has 0 unspecified atom stereocenters. The highest BCUT2D eigenvalue weighted by atomic mass is 16.5. The number of anilines is 2. The van der Waals surface area contributed by atoms with Crippen LogP contribution in [-0.4, -0.2) is 11.8 Å². The first-order valence-corrected chi connectivity index (χ1v) is 8.56. The zero-order valence-electron chi connectivity index (χ0n) is 14.9. The molecule has 0 aliphatic heterocycles. The minimum Gasteiger partial charge on any atom is -0.489 e. The number of rotatable bonds is 6. The fourth-order valence-corrected chi connectivity index (χ4v) is 2.46. The third-order valence-electron chi connectivity index (χ3n) is 3.91. The van der Waals surface area contributed by atoms with Crippen molar-refractivity contribution in [2.24, 2.45) is 0 Å². The van der Waals surface area contributed by atoms with Crippen LogP contribution >= 0.6 is 0 Å². The van der Waals surface area contributed by atoms with Crippen LogP contribution in [0.1, 0.15) is 22.8 Å². The van der Waals surface area contributed by atoms with E-state index in [0.717, 1.165) is 11.3 Å². The lowest BCUT2D eigenvalue weighted by molar-refractivity contribution is 0.101. The molecule has 0 aliphatic rings. The van der Waals surface area contributed by atoms with Gasteiger partial charge in [-0.1, -0.05) is 30.3 Å². The summed E-state index contributed by atoms with van der Waals surface area (Å²) in [7, 11) is 0. The first-order chi connectivity index (χ1) is 13.1. The second-order valence-electron chi connectivity index (χ2n) is 6.01. The number of ketones is 1. The highest BCUT2D eigenvalue weighted by molar-refractivity contribution is 6.00. The van der Waals surface area contributed by atoms with Crippen LogP contribution < -0.4 is 15.4 Å². The minimum absolute atomic E-state index is 0.0134. The van der Waals surface area contributed by atoms with Gasteiger partial charge in [0.15, 0.2) is 5.78 Å². The van der Waals surface area contributed by atoms with Gasteiger partial charge in [-0.2, -0.15) is 0 Å². The van der Waals surface area contributed by atoms with E-state index in [9.17, 15) is 9.59 Å². The van der Waals surface area contributed by atoms with E-state index in [4.69, 9.17) is 4.74 Å². The molecular formula is C22H20N2O3. The van der Waals surface area contributed by atoms with E-state index in [1.165, 1.54) is 6.92 Å². The number of benzene rings is 3. The van der Waals surface area contributed by atoms with E-state index in [0.29, 0.717) is 23.5 Å². The number of Topliss-reactive ketones (excluding diaryl/α,β-unsaturated/α-hetero) is 1. The van der Waals surface area contributed by atoms with E-state index in [1.54, 1.807) is 48.5 Å². The molecule has 0 saturated carbocycles. The van der Waals surface area contributed by atoms with Crippen molar-refractivity contribution in [2.75, 3.05) is 10.6 Å². The van der Waals surface area contributed by atoms with Crippen LogP contribution in [0.2, 0.25) is 0 Å². The van der Waals surface area contributed by atoms with Crippen molar-refractivity contribution < 1.29 is 14.3 Å². The summed E-state index contributed by atoms with van der Waals surface area (Å²) in [5.41, 5.74) is 2.96. The highest BCUT2D eigenvalue weighted by Crippen LogP contribution is 2.18. The fraction of sp³-hybridized carbons (Fsp3) is 0.0909. The molecular weight excluding hydrogens is 340 g/mol. The predicted molar refractivity (Wildman–Crippen MR) is 106 cm³/mol. The van der Waals surface area contributed by atoms with E-state index < -0.39 is 0 Å². The van der Waals surface area contributed by atoms with E-state index in [-0.39, 0.29) is 11.8 Å². The lowest BCUT2D eigenvalue weighted by Crippen LogP contribution is -2.19. The van der Waals surface area contributed by atoms with Gasteiger partial charge >= 0.3 is 6.03 Å². The Morgan fingerprint density at radius 3 is 1.89 bits per heavy atom. The zero-order valence-corrected chi connectivity index (χ0v) is 14.9. The van der Waals surface area contributed by atoms with Gasteiger partial charge in [0.1, 0.15) is 12.4 Å². The molecule has 3 aromatic rings. The van der Waals surface area contributed by atoms with Gasteiger partial charge in [0.25, 0.3) is 0 Å². The normalized spacial score (nSPS) is 10.1. The zero-order chi connectivity index (χ0) is 19.1. The maximum absolute atomic E-state index is 12.1. The molecule has 0 spiro atoms. The van der Waals surface area contributed by atoms with Crippen molar-refractivity contribution in [1.29, 1.82) is 0 Å². The van der Waals surface area contributed by atoms with E-state index in [2.05, 4.69) is 10.6 Å². The first kappa shape index (κ1) is 18.2. The van der Waals surface area contributed by atoms with Crippen molar-refractivity contribution in [3.8, 4) is 5.75 Å². The summed E-state index contributed by atoms with van der Waals surface area (Å²) in [5, 5.41) is 5.48. The van der Waals surface area contributed by atoms with Crippen LogP contribution in [-0.2, 0) is 6.61 Å². The van der Waals surface area contributed by atoms with E-state index in [1.807, 2.05) is 30.3 Å². The number of amides is 2. The predicted octanol–water partition coefficient (Wildman–Crippen LogP) is 5.11. The van der Waals surface area contributed by atoms with Crippen molar-refractivity contribution in [3.05, 3.63) is 90.0 Å². The Balaban J connectivity index is 1.51. The topological polar surface area (TPSA) is 67.4 Å². The third-order valence-corrected chi connectivity index (χ3v) is 3.91. The molecule has 5 heteroatoms. The van der Waals surface area contributed by atoms with Gasteiger partial charge in [0.2, 0.25) is 0 Å². The lowest BCUT2D eigenvalue weighted by Gasteiger charge is -2.10. The number of ether oxygens (including phenoxy) is 1. The van der Waals surface area contributed by atoms with Gasteiger partial charge < -0.3 is 15.4 Å². The average molecular weight is 360 g/mol. The lowest BCUT2D eigenvalue weighted by atomic mass is 10.1. The Morgan fingerprint density at radius 1 is 0.778 bits per heavy atom. The fourth-order valence-electron chi connectivity index (χ4n) is 2.46. The standard InChI is InChI=1S/C22H20N2O3/c1-16(25)18-7-9-19(10-8-18)23-22(26)24-20-11-13-21(14-12-20)27-15-17-5-3-2-4-6-17/h2-14H,15H2,1H3,(H2,23,24,26). The van der Waals surface area contributed by atoms with Crippen LogP contribution in [0.5, 0.6) is 5.75 Å². The quantitative estimate of drug-likeness (QED) is 0.600. The van der Waals surface area contributed by atoms with Gasteiger partial charge in [-0.05, 0) is 61.0 Å². The van der Waals surface area contributed by atoms with Gasteiger partial charge in [-0.15, -0.1) is 0 Å². The average Bonchev–Trinajstić information content (AvgIpc) is 2.68. The number of urea groups is 1. The SMILES string of the molecule is CC(=O)c1ccc(NC(=O)Nc2ccc(OCc3ccccc3)cc2)cc1. The molecule has 0 radical (unpaired) electrons. The van der Waals surface area contributed by atoms with Gasteiger partial charge in [-0.3, -0.25) is 4.79 Å². The molecule has 0 aliphatic carbocycles. The van der Waals surface area contributed by atoms with Crippen LogP contribution in [0.3, 0.4) is 0 Å². The summed E-state index contributed by atoms with van der Waals surface area (Å²) < 4.78 is 5.72. The Hall–Kier alpha value is -3.60. The smallest absolute Gasteiger partial charge is 0.323 e. The number of carbonyl (C=O) groups is 2. The molecule has 3 rings (SSSR count). The van der Waals surface area contributed by atoms with Crippen molar-refractivity contribution in [3.63, 3.8) is 0 Å². The molecule has 136 valence electrons. The molecule has 0 fully saturated rings. The Kier molecular flexibility index (Phi) is 5.84. The maximum Gasteiger partial charge on any atom is 0.323 e. The van der Waals surface area contributed by atoms with Gasteiger partial charge in [-0.25, -0.2) is 4.79 Å². The Labute approximate surface area is 158 Å². The second-order valence-corrected chi connectivity index (χ2v) is 6.01. The summed E-state index contributed by atoms with van der Waals surface area (Å²) >= 11 is 0. The van der Waals surface area contributed by atoms with Crippen LogP contribution in [0.15, 0.2) is 78.9 Å². The molecule has 3 aromatic carbocycles. The van der Waals surface area contributed by atoms with Crippen LogP contribution in [0, 0.1) is 0 Å². The van der Waals surface area contributed by atoms with Crippen molar-refractivity contribution in [2.45, 2.75) is 13.5 Å². The molecule has 0 bridgehead atoms. The molecule has 27 heavy (non-hydrogen) atoms. The monoisotopic (exact) mass is 360 g/mol.